The molecule has 0 aliphatic rings. The maximum absolute atomic E-state index is 5.59. The van der Waals surface area contributed by atoms with Crippen LogP contribution in [0, 0.1) is 0 Å². The van der Waals surface area contributed by atoms with Gasteiger partial charge in [0.1, 0.15) is 0 Å². The van der Waals surface area contributed by atoms with E-state index in [1.54, 1.807) is 0 Å². The fourth-order valence-corrected chi connectivity index (χ4v) is 2.97. The van der Waals surface area contributed by atoms with E-state index >= 15 is 0 Å². The van der Waals surface area contributed by atoms with Crippen LogP contribution in [0.1, 0.15) is 18.7 Å². The first kappa shape index (κ1) is 12.6. The first-order valence-corrected chi connectivity index (χ1v) is 7.27. The molecule has 0 saturated carbocycles. The zero-order chi connectivity index (χ0) is 12.3. The molecule has 2 aromatic rings. The molecule has 0 aliphatic carbocycles. The van der Waals surface area contributed by atoms with Gasteiger partial charge in [0.05, 0.1) is 5.69 Å². The zero-order valence-electron chi connectivity index (χ0n) is 10.0. The number of aromatic nitrogens is 1. The Hall–Kier alpha value is -0.840. The molecular weight excluding hydrogens is 248 g/mol. The lowest BCUT2D eigenvalue weighted by Gasteiger charge is -2.04. The predicted molar refractivity (Wildman–Crippen MR) is 76.4 cm³/mol. The summed E-state index contributed by atoms with van der Waals surface area (Å²) in [4.78, 5) is 2.43. The number of hydrogen-bond acceptors (Lipinski definition) is 4. The SMILES string of the molecule is CC(C)Sc1ccc(-c2cc(CN)sn2)cc1. The summed E-state index contributed by atoms with van der Waals surface area (Å²) in [5, 5.41) is 0.615. The van der Waals surface area contributed by atoms with Crippen LogP contribution in [0.4, 0.5) is 0 Å². The summed E-state index contributed by atoms with van der Waals surface area (Å²) in [5.41, 5.74) is 7.77. The lowest BCUT2D eigenvalue weighted by molar-refractivity contribution is 1.11. The molecule has 0 bridgehead atoms. The number of thioether (sulfide) groups is 1. The van der Waals surface area contributed by atoms with Gasteiger partial charge in [-0.25, -0.2) is 0 Å². The predicted octanol–water partition coefficient (Wildman–Crippen LogP) is 3.77. The Morgan fingerprint density at radius 2 is 2.00 bits per heavy atom. The van der Waals surface area contributed by atoms with Crippen LogP contribution in [0.15, 0.2) is 35.2 Å². The Kier molecular flexibility index (Phi) is 4.20. The van der Waals surface area contributed by atoms with Crippen LogP contribution >= 0.6 is 23.3 Å². The van der Waals surface area contributed by atoms with E-state index in [0.29, 0.717) is 11.8 Å². The minimum Gasteiger partial charge on any atom is -0.326 e. The van der Waals surface area contributed by atoms with Crippen LogP contribution in [0.3, 0.4) is 0 Å². The van der Waals surface area contributed by atoms with Gasteiger partial charge < -0.3 is 5.73 Å². The summed E-state index contributed by atoms with van der Waals surface area (Å²) >= 11 is 3.35. The van der Waals surface area contributed by atoms with Crippen molar-refractivity contribution in [2.75, 3.05) is 0 Å². The quantitative estimate of drug-likeness (QED) is 0.854. The van der Waals surface area contributed by atoms with E-state index in [2.05, 4.69) is 48.6 Å². The number of nitrogens with zero attached hydrogens (tertiary/aromatic N) is 1. The second kappa shape index (κ2) is 5.67. The van der Waals surface area contributed by atoms with E-state index in [1.807, 2.05) is 11.8 Å². The molecule has 0 radical (unpaired) electrons. The lowest BCUT2D eigenvalue weighted by Crippen LogP contribution is -1.91. The van der Waals surface area contributed by atoms with Gasteiger partial charge in [-0.3, -0.25) is 0 Å². The Morgan fingerprint density at radius 3 is 2.53 bits per heavy atom. The molecule has 2 rings (SSSR count). The fraction of sp³-hybridized carbons (Fsp3) is 0.308. The largest absolute Gasteiger partial charge is 0.326 e. The van der Waals surface area contributed by atoms with Crippen molar-refractivity contribution in [1.29, 1.82) is 0 Å². The second-order valence-corrected chi connectivity index (χ2v) is 6.61. The van der Waals surface area contributed by atoms with Crippen molar-refractivity contribution in [3.8, 4) is 11.3 Å². The standard InChI is InChI=1S/C13H16N2S2/c1-9(2)16-11-5-3-10(4-6-11)13-7-12(8-14)17-15-13/h3-7,9H,8,14H2,1-2H3. The van der Waals surface area contributed by atoms with Gasteiger partial charge in [0.15, 0.2) is 0 Å². The molecular formula is C13H16N2S2. The molecule has 90 valence electrons. The van der Waals surface area contributed by atoms with Gasteiger partial charge in [0, 0.05) is 27.1 Å². The van der Waals surface area contributed by atoms with Gasteiger partial charge in [-0.05, 0) is 29.7 Å². The highest BCUT2D eigenvalue weighted by Crippen LogP contribution is 2.27. The lowest BCUT2D eigenvalue weighted by atomic mass is 10.1. The molecule has 0 spiro atoms. The summed E-state index contributed by atoms with van der Waals surface area (Å²) in [7, 11) is 0. The van der Waals surface area contributed by atoms with Gasteiger partial charge in [0.2, 0.25) is 0 Å². The third-order valence-corrected chi connectivity index (χ3v) is 4.10. The van der Waals surface area contributed by atoms with E-state index < -0.39 is 0 Å². The molecule has 0 amide bonds. The monoisotopic (exact) mass is 264 g/mol. The highest BCUT2D eigenvalue weighted by molar-refractivity contribution is 7.99. The molecule has 0 fully saturated rings. The summed E-state index contributed by atoms with van der Waals surface area (Å²) < 4.78 is 4.40. The third kappa shape index (κ3) is 3.31. The molecule has 1 aromatic heterocycles. The second-order valence-electron chi connectivity index (χ2n) is 4.07. The van der Waals surface area contributed by atoms with Crippen LogP contribution < -0.4 is 5.73 Å². The number of nitrogens with two attached hydrogens (primary N) is 1. The number of rotatable bonds is 4. The van der Waals surface area contributed by atoms with Crippen LogP contribution in [0.2, 0.25) is 0 Å². The Labute approximate surface area is 110 Å². The normalized spacial score (nSPS) is 11.1. The van der Waals surface area contributed by atoms with Crippen molar-refractivity contribution in [1.82, 2.24) is 4.37 Å². The van der Waals surface area contributed by atoms with E-state index in [0.717, 1.165) is 16.1 Å². The molecule has 17 heavy (non-hydrogen) atoms. The van der Waals surface area contributed by atoms with Gasteiger partial charge in [-0.1, -0.05) is 26.0 Å². The van der Waals surface area contributed by atoms with Crippen molar-refractivity contribution in [3.05, 3.63) is 35.2 Å². The van der Waals surface area contributed by atoms with Gasteiger partial charge in [-0.2, -0.15) is 4.37 Å². The molecule has 0 saturated heterocycles. The van der Waals surface area contributed by atoms with Gasteiger partial charge >= 0.3 is 0 Å². The minimum atomic E-state index is 0.568. The van der Waals surface area contributed by atoms with Crippen LogP contribution in [0.5, 0.6) is 0 Å². The molecule has 0 atom stereocenters. The molecule has 2 N–H and O–H groups in total. The maximum Gasteiger partial charge on any atom is 0.0844 e. The summed E-state index contributed by atoms with van der Waals surface area (Å²) in [6.07, 6.45) is 0. The fourth-order valence-electron chi connectivity index (χ4n) is 1.52. The molecule has 4 heteroatoms. The first-order valence-electron chi connectivity index (χ1n) is 5.62. The Bertz CT molecular complexity index is 474. The van der Waals surface area contributed by atoms with Gasteiger partial charge in [-0.15, -0.1) is 11.8 Å². The molecule has 1 heterocycles. The van der Waals surface area contributed by atoms with Crippen LogP contribution in [0.25, 0.3) is 11.3 Å². The molecule has 0 aliphatic heterocycles. The van der Waals surface area contributed by atoms with E-state index in [-0.39, 0.29) is 0 Å². The van der Waals surface area contributed by atoms with Crippen molar-refractivity contribution < 1.29 is 0 Å². The molecule has 0 unspecified atom stereocenters. The topological polar surface area (TPSA) is 38.9 Å². The molecule has 1 aromatic carbocycles. The van der Waals surface area contributed by atoms with Crippen molar-refractivity contribution >= 4 is 23.3 Å². The Morgan fingerprint density at radius 1 is 1.29 bits per heavy atom. The summed E-state index contributed by atoms with van der Waals surface area (Å²) in [6.45, 7) is 4.97. The zero-order valence-corrected chi connectivity index (χ0v) is 11.6. The van der Waals surface area contributed by atoms with E-state index in [9.17, 15) is 0 Å². The Balaban J connectivity index is 2.17. The number of benzene rings is 1. The summed E-state index contributed by atoms with van der Waals surface area (Å²) in [6, 6.07) is 10.6. The highest BCUT2D eigenvalue weighted by Gasteiger charge is 2.04. The van der Waals surface area contributed by atoms with Crippen molar-refractivity contribution in [3.63, 3.8) is 0 Å². The summed E-state index contributed by atoms with van der Waals surface area (Å²) in [5.74, 6) is 0. The van der Waals surface area contributed by atoms with Crippen molar-refractivity contribution in [2.45, 2.75) is 30.5 Å². The van der Waals surface area contributed by atoms with E-state index in [1.165, 1.54) is 16.4 Å². The van der Waals surface area contributed by atoms with Crippen LogP contribution in [-0.2, 0) is 6.54 Å². The average Bonchev–Trinajstić information content (AvgIpc) is 2.78. The highest BCUT2D eigenvalue weighted by atomic mass is 32.2. The van der Waals surface area contributed by atoms with E-state index in [4.69, 9.17) is 5.73 Å². The van der Waals surface area contributed by atoms with Gasteiger partial charge in [0.25, 0.3) is 0 Å². The minimum absolute atomic E-state index is 0.568. The average molecular weight is 264 g/mol. The number of hydrogen-bond donors (Lipinski definition) is 1. The third-order valence-electron chi connectivity index (χ3n) is 2.28. The first-order chi connectivity index (χ1) is 8.19. The maximum atomic E-state index is 5.59. The van der Waals surface area contributed by atoms with Crippen molar-refractivity contribution in [2.24, 2.45) is 5.73 Å². The molecule has 2 nitrogen and oxygen atoms in total. The van der Waals surface area contributed by atoms with Crippen LogP contribution in [-0.4, -0.2) is 9.62 Å². The smallest absolute Gasteiger partial charge is 0.0844 e.